The summed E-state index contributed by atoms with van der Waals surface area (Å²) in [4.78, 5) is 4.33. The summed E-state index contributed by atoms with van der Waals surface area (Å²) in [5.41, 5.74) is 2.46. The first-order valence-electron chi connectivity index (χ1n) is 10.2. The molecule has 0 amide bonds. The Morgan fingerprint density at radius 3 is 2.57 bits per heavy atom. The zero-order valence-corrected chi connectivity index (χ0v) is 18.1. The van der Waals surface area contributed by atoms with Gasteiger partial charge in [0.25, 0.3) is 0 Å². The largest absolute Gasteiger partial charge is 0.305 e. The van der Waals surface area contributed by atoms with Crippen LogP contribution in [0.1, 0.15) is 50.2 Å². The number of hydrogen-bond acceptors (Lipinski definition) is 4. The van der Waals surface area contributed by atoms with Crippen molar-refractivity contribution in [2.45, 2.75) is 49.9 Å². The Balaban J connectivity index is 1.65. The maximum absolute atomic E-state index is 13.4. The molecule has 0 saturated carbocycles. The third-order valence-electron chi connectivity index (χ3n) is 4.68. The molecule has 2 heterocycles. The lowest BCUT2D eigenvalue weighted by molar-refractivity contribution is 0.581. The van der Waals surface area contributed by atoms with Crippen LogP contribution in [0.5, 0.6) is 0 Å². The van der Waals surface area contributed by atoms with E-state index in [1.54, 1.807) is 6.20 Å². The second-order valence-electron chi connectivity index (χ2n) is 7.19. The summed E-state index contributed by atoms with van der Waals surface area (Å²) < 4.78 is 28.6. The second-order valence-corrected chi connectivity index (χ2v) is 8.13. The third-order valence-corrected chi connectivity index (χ3v) is 5.77. The lowest BCUT2D eigenvalue weighted by atomic mass is 10.1. The number of thioether (sulfide) groups is 1. The van der Waals surface area contributed by atoms with E-state index < -0.39 is 11.6 Å². The minimum absolute atomic E-state index is 0.402. The Bertz CT molecular complexity index is 980. The Labute approximate surface area is 180 Å². The minimum atomic E-state index is -0.578. The predicted octanol–water partition coefficient (Wildman–Crippen LogP) is 6.43. The van der Waals surface area contributed by atoms with Crippen molar-refractivity contribution in [3.05, 3.63) is 65.5 Å². The van der Waals surface area contributed by atoms with Gasteiger partial charge in [-0.2, -0.15) is 0 Å². The molecule has 0 unspecified atom stereocenters. The van der Waals surface area contributed by atoms with E-state index in [4.69, 9.17) is 0 Å². The number of aromatic nitrogens is 4. The number of pyridine rings is 1. The monoisotopic (exact) mass is 428 g/mol. The zero-order chi connectivity index (χ0) is 21.3. The van der Waals surface area contributed by atoms with Crippen LogP contribution in [0.4, 0.5) is 8.78 Å². The van der Waals surface area contributed by atoms with E-state index >= 15 is 0 Å². The van der Waals surface area contributed by atoms with Gasteiger partial charge >= 0.3 is 0 Å². The van der Waals surface area contributed by atoms with Crippen LogP contribution in [-0.4, -0.2) is 19.7 Å². The molecule has 30 heavy (non-hydrogen) atoms. The average molecular weight is 429 g/mol. The van der Waals surface area contributed by atoms with Crippen molar-refractivity contribution >= 4 is 17.8 Å². The first kappa shape index (κ1) is 22.2. The van der Waals surface area contributed by atoms with Crippen molar-refractivity contribution in [2.24, 2.45) is 7.05 Å². The Hall–Kier alpha value is -2.54. The summed E-state index contributed by atoms with van der Waals surface area (Å²) in [5, 5.41) is 9.19. The predicted molar refractivity (Wildman–Crippen MR) is 118 cm³/mol. The molecule has 0 radical (unpaired) electrons. The molecule has 2 aromatic heterocycles. The molecule has 0 fully saturated rings. The quantitative estimate of drug-likeness (QED) is 0.276. The van der Waals surface area contributed by atoms with Gasteiger partial charge in [0, 0.05) is 36.8 Å². The summed E-state index contributed by atoms with van der Waals surface area (Å²) in [6.07, 6.45) is 13.9. The maximum Gasteiger partial charge on any atom is 0.191 e. The van der Waals surface area contributed by atoms with Crippen LogP contribution in [0.15, 0.2) is 47.9 Å². The molecule has 0 aliphatic carbocycles. The summed E-state index contributed by atoms with van der Waals surface area (Å²) in [6.45, 7) is 2.21. The first-order valence-corrected chi connectivity index (χ1v) is 11.1. The van der Waals surface area contributed by atoms with Crippen molar-refractivity contribution in [1.82, 2.24) is 19.7 Å². The molecule has 3 aromatic rings. The molecule has 1 aromatic carbocycles. The van der Waals surface area contributed by atoms with Crippen LogP contribution >= 0.6 is 11.8 Å². The molecule has 0 atom stereocenters. The number of unbranched alkanes of at least 4 members (excludes halogenated alkanes) is 4. The van der Waals surface area contributed by atoms with Crippen LogP contribution in [0.3, 0.4) is 0 Å². The summed E-state index contributed by atoms with van der Waals surface area (Å²) in [6, 6.07) is 5.56. The van der Waals surface area contributed by atoms with Crippen LogP contribution in [0.25, 0.3) is 17.5 Å². The fourth-order valence-corrected chi connectivity index (χ4v) is 3.95. The highest BCUT2D eigenvalue weighted by Gasteiger charge is 2.12. The van der Waals surface area contributed by atoms with Crippen LogP contribution in [0, 0.1) is 11.6 Å². The van der Waals surface area contributed by atoms with Gasteiger partial charge in [-0.3, -0.25) is 4.98 Å². The first-order chi connectivity index (χ1) is 14.6. The Morgan fingerprint density at radius 1 is 1.00 bits per heavy atom. The summed E-state index contributed by atoms with van der Waals surface area (Å²) in [7, 11) is 1.88. The van der Waals surface area contributed by atoms with Gasteiger partial charge < -0.3 is 4.57 Å². The van der Waals surface area contributed by atoms with Crippen LogP contribution < -0.4 is 0 Å². The van der Waals surface area contributed by atoms with Gasteiger partial charge in [-0.05, 0) is 42.2 Å². The van der Waals surface area contributed by atoms with Crippen molar-refractivity contribution in [2.75, 3.05) is 0 Å². The highest BCUT2D eigenvalue weighted by Crippen LogP contribution is 2.26. The molecule has 0 aliphatic heterocycles. The fraction of sp³-hybridized carbons (Fsp3) is 0.348. The number of nitrogens with zero attached hydrogens (tertiary/aromatic N) is 4. The smallest absolute Gasteiger partial charge is 0.191 e. The standard InChI is InChI=1S/C23H26F2N4S/c1-3-4-5-6-7-8-9-17-10-19(15-26-14-17)22-27-28-23(29(22)2)30-16-18-11-20(24)13-21(25)12-18/h8-15H,3-7,16H2,1-2H3. The molecule has 0 N–H and O–H groups in total. The van der Waals surface area contributed by atoms with Gasteiger partial charge in [0.1, 0.15) is 11.6 Å². The third kappa shape index (κ3) is 6.23. The number of halogens is 2. The van der Waals surface area contributed by atoms with E-state index in [1.165, 1.54) is 49.6 Å². The SMILES string of the molecule is CCCCCCC=Cc1cncc(-c2nnc(SCc3cc(F)cc(F)c3)n2C)c1. The molecule has 7 heteroatoms. The minimum Gasteiger partial charge on any atom is -0.305 e. The van der Waals surface area contributed by atoms with Crippen molar-refractivity contribution in [1.29, 1.82) is 0 Å². The van der Waals surface area contributed by atoms with Gasteiger partial charge in [0.05, 0.1) is 0 Å². The number of benzene rings is 1. The average Bonchev–Trinajstić information content (AvgIpc) is 3.09. The van der Waals surface area contributed by atoms with E-state index in [0.717, 1.165) is 23.6 Å². The lowest BCUT2D eigenvalue weighted by Gasteiger charge is -2.05. The van der Waals surface area contributed by atoms with Crippen molar-refractivity contribution in [3.63, 3.8) is 0 Å². The highest BCUT2D eigenvalue weighted by atomic mass is 32.2. The number of rotatable bonds is 10. The normalized spacial score (nSPS) is 11.5. The topological polar surface area (TPSA) is 43.6 Å². The van der Waals surface area contributed by atoms with Gasteiger partial charge in [-0.1, -0.05) is 50.1 Å². The van der Waals surface area contributed by atoms with Gasteiger partial charge in [0.2, 0.25) is 0 Å². The molecule has 0 bridgehead atoms. The molecule has 0 aliphatic rings. The van der Waals surface area contributed by atoms with Crippen molar-refractivity contribution < 1.29 is 8.78 Å². The van der Waals surface area contributed by atoms with Crippen LogP contribution in [-0.2, 0) is 12.8 Å². The second kappa shape index (κ2) is 11.0. The molecule has 0 spiro atoms. The molecule has 0 saturated heterocycles. The highest BCUT2D eigenvalue weighted by molar-refractivity contribution is 7.98. The fourth-order valence-electron chi connectivity index (χ4n) is 3.11. The van der Waals surface area contributed by atoms with E-state index in [-0.39, 0.29) is 0 Å². The number of hydrogen-bond donors (Lipinski definition) is 0. The molecular formula is C23H26F2N4S. The molecule has 4 nitrogen and oxygen atoms in total. The summed E-state index contributed by atoms with van der Waals surface area (Å²) in [5.74, 6) is -0.0515. The molecule has 158 valence electrons. The van der Waals surface area contributed by atoms with Gasteiger partial charge in [-0.15, -0.1) is 10.2 Å². The lowest BCUT2D eigenvalue weighted by Crippen LogP contribution is -1.96. The van der Waals surface area contributed by atoms with E-state index in [1.807, 2.05) is 23.9 Å². The summed E-state index contributed by atoms with van der Waals surface area (Å²) >= 11 is 1.38. The van der Waals surface area contributed by atoms with Gasteiger partial charge in [-0.25, -0.2) is 8.78 Å². The van der Waals surface area contributed by atoms with Gasteiger partial charge in [0.15, 0.2) is 11.0 Å². The Morgan fingerprint density at radius 2 is 1.80 bits per heavy atom. The molecular weight excluding hydrogens is 402 g/mol. The Kier molecular flexibility index (Phi) is 8.13. The molecule has 3 rings (SSSR count). The van der Waals surface area contributed by atoms with E-state index in [2.05, 4.69) is 34.3 Å². The maximum atomic E-state index is 13.4. The zero-order valence-electron chi connectivity index (χ0n) is 17.3. The number of allylic oxidation sites excluding steroid dienone is 1. The van der Waals surface area contributed by atoms with Crippen LogP contribution in [0.2, 0.25) is 0 Å². The van der Waals surface area contributed by atoms with E-state index in [0.29, 0.717) is 22.3 Å². The van der Waals surface area contributed by atoms with E-state index in [9.17, 15) is 8.78 Å². The van der Waals surface area contributed by atoms with Crippen molar-refractivity contribution in [3.8, 4) is 11.4 Å².